The molecule has 3 nitrogen and oxygen atoms in total. The maximum absolute atomic E-state index is 9.23. The lowest BCUT2D eigenvalue weighted by molar-refractivity contribution is 0.263. The third-order valence-electron chi connectivity index (χ3n) is 4.26. The fraction of sp³-hybridized carbons (Fsp3) is 0.333. The molecule has 0 radical (unpaired) electrons. The second kappa shape index (κ2) is 6.07. The Balaban J connectivity index is 1.94. The first-order chi connectivity index (χ1) is 10.3. The van der Waals surface area contributed by atoms with Gasteiger partial charge in [0, 0.05) is 17.8 Å². The summed E-state index contributed by atoms with van der Waals surface area (Å²) in [6.45, 7) is 4.62. The number of benzene rings is 1. The first-order valence-corrected chi connectivity index (χ1v) is 7.49. The van der Waals surface area contributed by atoms with Crippen molar-refractivity contribution in [3.63, 3.8) is 0 Å². The standard InChI is InChI=1S/C18H19N3/c1-14(21-10-2-3-11-21)15-6-4-7-16(12-15)18-17(13-19)8-5-9-20-18/h4-9,12,14H,2-3,10-11H2,1H3/t14-/m0/s1. The van der Waals surface area contributed by atoms with Crippen LogP contribution in [0.15, 0.2) is 42.6 Å². The van der Waals surface area contributed by atoms with Gasteiger partial charge in [-0.3, -0.25) is 9.88 Å². The van der Waals surface area contributed by atoms with Gasteiger partial charge < -0.3 is 0 Å². The Hall–Kier alpha value is -2.18. The van der Waals surface area contributed by atoms with Crippen LogP contribution in [0.3, 0.4) is 0 Å². The fourth-order valence-corrected chi connectivity index (χ4v) is 3.01. The van der Waals surface area contributed by atoms with Crippen LogP contribution in [0.2, 0.25) is 0 Å². The van der Waals surface area contributed by atoms with E-state index in [0.717, 1.165) is 11.3 Å². The number of hydrogen-bond donors (Lipinski definition) is 0. The Morgan fingerprint density at radius 2 is 2.00 bits per heavy atom. The Kier molecular flexibility index (Phi) is 3.98. The molecule has 1 saturated heterocycles. The van der Waals surface area contributed by atoms with E-state index in [0.29, 0.717) is 11.6 Å². The zero-order valence-electron chi connectivity index (χ0n) is 12.3. The number of likely N-dealkylation sites (tertiary alicyclic amines) is 1. The van der Waals surface area contributed by atoms with E-state index in [1.165, 1.54) is 31.5 Å². The molecule has 21 heavy (non-hydrogen) atoms. The van der Waals surface area contributed by atoms with Crippen molar-refractivity contribution >= 4 is 0 Å². The lowest BCUT2D eigenvalue weighted by atomic mass is 10.0. The molecule has 0 unspecified atom stereocenters. The Morgan fingerprint density at radius 3 is 2.76 bits per heavy atom. The van der Waals surface area contributed by atoms with Crippen molar-refractivity contribution in [3.05, 3.63) is 53.7 Å². The molecule has 3 rings (SSSR count). The average molecular weight is 277 g/mol. The van der Waals surface area contributed by atoms with E-state index in [9.17, 15) is 5.26 Å². The monoisotopic (exact) mass is 277 g/mol. The maximum atomic E-state index is 9.23. The van der Waals surface area contributed by atoms with Gasteiger partial charge in [0.15, 0.2) is 0 Å². The average Bonchev–Trinajstić information content (AvgIpc) is 3.08. The van der Waals surface area contributed by atoms with Gasteiger partial charge in [-0.15, -0.1) is 0 Å². The van der Waals surface area contributed by atoms with Crippen molar-refractivity contribution in [3.8, 4) is 17.3 Å². The molecule has 1 atom stereocenters. The van der Waals surface area contributed by atoms with Crippen LogP contribution in [0, 0.1) is 11.3 Å². The van der Waals surface area contributed by atoms with E-state index in [4.69, 9.17) is 0 Å². The summed E-state index contributed by atoms with van der Waals surface area (Å²) in [5, 5.41) is 9.23. The zero-order chi connectivity index (χ0) is 14.7. The van der Waals surface area contributed by atoms with Crippen LogP contribution >= 0.6 is 0 Å². The van der Waals surface area contributed by atoms with Gasteiger partial charge in [0.1, 0.15) is 6.07 Å². The molecule has 2 aromatic rings. The third kappa shape index (κ3) is 2.81. The van der Waals surface area contributed by atoms with E-state index in [-0.39, 0.29) is 0 Å². The first kappa shape index (κ1) is 13.8. The van der Waals surface area contributed by atoms with Crippen LogP contribution in [0.1, 0.15) is 36.9 Å². The van der Waals surface area contributed by atoms with Crippen LogP contribution < -0.4 is 0 Å². The Labute approximate surface area is 125 Å². The molecule has 106 valence electrons. The molecule has 0 aliphatic carbocycles. The fourth-order valence-electron chi connectivity index (χ4n) is 3.01. The Morgan fingerprint density at radius 1 is 1.19 bits per heavy atom. The highest BCUT2D eigenvalue weighted by atomic mass is 15.2. The molecule has 1 fully saturated rings. The van der Waals surface area contributed by atoms with E-state index >= 15 is 0 Å². The number of nitriles is 1. The van der Waals surface area contributed by atoms with Crippen molar-refractivity contribution in [2.75, 3.05) is 13.1 Å². The summed E-state index contributed by atoms with van der Waals surface area (Å²) in [6, 6.07) is 14.7. The summed E-state index contributed by atoms with van der Waals surface area (Å²) in [7, 11) is 0. The number of hydrogen-bond acceptors (Lipinski definition) is 3. The molecule has 1 aromatic heterocycles. The SMILES string of the molecule is C[C@@H](c1cccc(-c2ncccc2C#N)c1)N1CCCC1. The smallest absolute Gasteiger partial charge is 0.101 e. The highest BCUT2D eigenvalue weighted by Gasteiger charge is 2.19. The van der Waals surface area contributed by atoms with Crippen LogP contribution in [0.4, 0.5) is 0 Å². The lowest BCUT2D eigenvalue weighted by Crippen LogP contribution is -2.23. The second-order valence-corrected chi connectivity index (χ2v) is 5.56. The predicted molar refractivity (Wildman–Crippen MR) is 83.6 cm³/mol. The minimum atomic E-state index is 0.418. The number of rotatable bonds is 3. The topological polar surface area (TPSA) is 39.9 Å². The molecular weight excluding hydrogens is 258 g/mol. The molecule has 0 spiro atoms. The third-order valence-corrected chi connectivity index (χ3v) is 4.26. The molecule has 1 aliphatic rings. The van der Waals surface area contributed by atoms with E-state index in [2.05, 4.69) is 41.1 Å². The molecule has 1 aromatic carbocycles. The molecular formula is C18H19N3. The largest absolute Gasteiger partial charge is 0.297 e. The van der Waals surface area contributed by atoms with Crippen LogP contribution in [0.25, 0.3) is 11.3 Å². The van der Waals surface area contributed by atoms with Crippen molar-refractivity contribution in [2.45, 2.75) is 25.8 Å². The van der Waals surface area contributed by atoms with Gasteiger partial charge in [-0.1, -0.05) is 18.2 Å². The number of aromatic nitrogens is 1. The van der Waals surface area contributed by atoms with Gasteiger partial charge in [0.25, 0.3) is 0 Å². The maximum Gasteiger partial charge on any atom is 0.101 e. The minimum Gasteiger partial charge on any atom is -0.297 e. The molecule has 0 saturated carbocycles. The van der Waals surface area contributed by atoms with Crippen molar-refractivity contribution in [1.82, 2.24) is 9.88 Å². The molecule has 0 amide bonds. The normalized spacial score (nSPS) is 16.6. The van der Waals surface area contributed by atoms with Crippen molar-refractivity contribution in [2.24, 2.45) is 0 Å². The highest BCUT2D eigenvalue weighted by Crippen LogP contribution is 2.28. The highest BCUT2D eigenvalue weighted by molar-refractivity contribution is 5.66. The van der Waals surface area contributed by atoms with Gasteiger partial charge in [-0.05, 0) is 56.6 Å². The van der Waals surface area contributed by atoms with Crippen LogP contribution in [-0.2, 0) is 0 Å². The molecule has 3 heteroatoms. The van der Waals surface area contributed by atoms with Gasteiger partial charge in [-0.2, -0.15) is 5.26 Å². The van der Waals surface area contributed by atoms with E-state index in [1.807, 2.05) is 12.1 Å². The first-order valence-electron chi connectivity index (χ1n) is 7.49. The van der Waals surface area contributed by atoms with Gasteiger partial charge in [-0.25, -0.2) is 0 Å². The summed E-state index contributed by atoms with van der Waals surface area (Å²) < 4.78 is 0. The summed E-state index contributed by atoms with van der Waals surface area (Å²) in [6.07, 6.45) is 4.33. The van der Waals surface area contributed by atoms with Gasteiger partial charge in [0.2, 0.25) is 0 Å². The Bertz CT molecular complexity index is 666. The molecule has 1 aliphatic heterocycles. The summed E-state index contributed by atoms with van der Waals surface area (Å²) in [5.41, 5.74) is 3.72. The lowest BCUT2D eigenvalue weighted by Gasteiger charge is -2.24. The van der Waals surface area contributed by atoms with Crippen molar-refractivity contribution in [1.29, 1.82) is 5.26 Å². The molecule has 0 N–H and O–H groups in total. The molecule has 0 bridgehead atoms. The quantitative estimate of drug-likeness (QED) is 0.857. The van der Waals surface area contributed by atoms with Gasteiger partial charge >= 0.3 is 0 Å². The van der Waals surface area contributed by atoms with Crippen LogP contribution in [0.5, 0.6) is 0 Å². The molecule has 2 heterocycles. The minimum absolute atomic E-state index is 0.418. The zero-order valence-corrected chi connectivity index (χ0v) is 12.3. The predicted octanol–water partition coefficient (Wildman–Crippen LogP) is 3.78. The van der Waals surface area contributed by atoms with Crippen molar-refractivity contribution < 1.29 is 0 Å². The summed E-state index contributed by atoms with van der Waals surface area (Å²) in [4.78, 5) is 6.90. The number of nitrogens with zero attached hydrogens (tertiary/aromatic N) is 3. The van der Waals surface area contributed by atoms with E-state index in [1.54, 1.807) is 12.3 Å². The number of pyridine rings is 1. The van der Waals surface area contributed by atoms with Crippen LogP contribution in [-0.4, -0.2) is 23.0 Å². The summed E-state index contributed by atoms with van der Waals surface area (Å²) >= 11 is 0. The van der Waals surface area contributed by atoms with E-state index < -0.39 is 0 Å². The second-order valence-electron chi connectivity index (χ2n) is 5.56. The van der Waals surface area contributed by atoms with Gasteiger partial charge in [0.05, 0.1) is 11.3 Å². The summed E-state index contributed by atoms with van der Waals surface area (Å²) in [5.74, 6) is 0.